The van der Waals surface area contributed by atoms with Gasteiger partial charge in [-0.25, -0.2) is 4.79 Å². The lowest BCUT2D eigenvalue weighted by molar-refractivity contribution is -0.132. The van der Waals surface area contributed by atoms with E-state index in [1.165, 1.54) is 83.5 Å². The molecule has 0 aliphatic heterocycles. The molecule has 0 atom stereocenters. The summed E-state index contributed by atoms with van der Waals surface area (Å²) in [6.07, 6.45) is 23.4. The quantitative estimate of drug-likeness (QED) is 0.177. The molecule has 0 saturated carbocycles. The molecule has 2 heteroatoms. The summed E-state index contributed by atoms with van der Waals surface area (Å²) in [5.41, 5.74) is 0.478. The van der Waals surface area contributed by atoms with Crippen LogP contribution in [0, 0.1) is 0 Å². The number of rotatable bonds is 17. The zero-order chi connectivity index (χ0) is 17.2. The van der Waals surface area contributed by atoms with Gasteiger partial charge in [-0.2, -0.15) is 0 Å². The molecule has 0 saturated heterocycles. The van der Waals surface area contributed by atoms with Crippen LogP contribution in [0.3, 0.4) is 0 Å². The van der Waals surface area contributed by atoms with E-state index in [0.717, 1.165) is 12.8 Å². The predicted octanol–water partition coefficient (Wildman–Crippen LogP) is 7.05. The van der Waals surface area contributed by atoms with E-state index in [1.807, 2.05) is 12.2 Å². The zero-order valence-electron chi connectivity index (χ0n) is 15.3. The summed E-state index contributed by atoms with van der Waals surface area (Å²) < 4.78 is 0. The second-order valence-electron chi connectivity index (χ2n) is 6.65. The van der Waals surface area contributed by atoms with Crippen LogP contribution < -0.4 is 0 Å². The Labute approximate surface area is 144 Å². The van der Waals surface area contributed by atoms with Crippen molar-refractivity contribution in [2.24, 2.45) is 0 Å². The predicted molar refractivity (Wildman–Crippen MR) is 101 cm³/mol. The summed E-state index contributed by atoms with van der Waals surface area (Å²) in [5, 5.41) is 8.74. The van der Waals surface area contributed by atoms with Crippen LogP contribution in [0.15, 0.2) is 24.3 Å². The van der Waals surface area contributed by atoms with Gasteiger partial charge in [0.15, 0.2) is 0 Å². The number of carboxylic acids is 1. The number of hydrogen-bond donors (Lipinski definition) is 1. The van der Waals surface area contributed by atoms with E-state index in [0.29, 0.717) is 5.57 Å². The molecule has 0 aromatic carbocycles. The van der Waals surface area contributed by atoms with Gasteiger partial charge in [-0.3, -0.25) is 0 Å². The Morgan fingerprint density at radius 1 is 0.739 bits per heavy atom. The third kappa shape index (κ3) is 17.1. The van der Waals surface area contributed by atoms with Crippen molar-refractivity contribution in [3.63, 3.8) is 0 Å². The van der Waals surface area contributed by atoms with Gasteiger partial charge >= 0.3 is 5.97 Å². The summed E-state index contributed by atoms with van der Waals surface area (Å²) in [7, 11) is 0. The van der Waals surface area contributed by atoms with E-state index < -0.39 is 5.97 Å². The summed E-state index contributed by atoms with van der Waals surface area (Å²) in [5.74, 6) is -0.790. The number of carbonyl (C=O) groups is 1. The fourth-order valence-corrected chi connectivity index (χ4v) is 2.78. The highest BCUT2D eigenvalue weighted by Crippen LogP contribution is 2.13. The minimum atomic E-state index is -0.790. The molecule has 134 valence electrons. The molecule has 0 aliphatic carbocycles. The van der Waals surface area contributed by atoms with Gasteiger partial charge in [-0.1, -0.05) is 82.8 Å². The smallest absolute Gasteiger partial charge is 0.330 e. The highest BCUT2D eigenvalue weighted by atomic mass is 16.4. The lowest BCUT2D eigenvalue weighted by Crippen LogP contribution is -1.95. The van der Waals surface area contributed by atoms with Crippen molar-refractivity contribution in [3.8, 4) is 0 Å². The van der Waals surface area contributed by atoms with Crippen molar-refractivity contribution in [3.05, 3.63) is 24.3 Å². The molecule has 0 spiro atoms. The van der Waals surface area contributed by atoms with Gasteiger partial charge in [0.1, 0.15) is 0 Å². The second kappa shape index (κ2) is 17.3. The maximum atomic E-state index is 10.6. The third-order valence-corrected chi connectivity index (χ3v) is 4.40. The van der Waals surface area contributed by atoms with Crippen molar-refractivity contribution in [2.45, 2.75) is 103 Å². The van der Waals surface area contributed by atoms with Crippen LogP contribution >= 0.6 is 0 Å². The number of allylic oxidation sites excluding steroid dienone is 2. The molecule has 0 amide bonds. The van der Waals surface area contributed by atoms with Crippen molar-refractivity contribution in [1.82, 2.24) is 0 Å². The van der Waals surface area contributed by atoms with E-state index in [-0.39, 0.29) is 0 Å². The average molecular weight is 323 g/mol. The Bertz CT molecular complexity index is 318. The number of carboxylic acid groups (broad SMARTS) is 1. The highest BCUT2D eigenvalue weighted by molar-refractivity contribution is 5.85. The lowest BCUT2D eigenvalue weighted by Gasteiger charge is -2.03. The first-order chi connectivity index (χ1) is 11.2. The van der Waals surface area contributed by atoms with Crippen LogP contribution in [-0.2, 0) is 4.79 Å². The Morgan fingerprint density at radius 3 is 1.43 bits per heavy atom. The Hall–Kier alpha value is -1.05. The Balaban J connectivity index is 3.12. The maximum absolute atomic E-state index is 10.6. The van der Waals surface area contributed by atoms with Gasteiger partial charge in [0.05, 0.1) is 0 Å². The molecular weight excluding hydrogens is 284 g/mol. The molecule has 0 aromatic heterocycles. The molecule has 23 heavy (non-hydrogen) atoms. The number of unbranched alkanes of at least 4 members (excludes halogenated alkanes) is 14. The number of hydrogen-bond acceptors (Lipinski definition) is 1. The van der Waals surface area contributed by atoms with Gasteiger partial charge in [0, 0.05) is 5.57 Å². The first-order valence-electron chi connectivity index (χ1n) is 9.69. The molecule has 0 aromatic rings. The molecular formula is C21H38O2. The normalized spacial score (nSPS) is 11.6. The largest absolute Gasteiger partial charge is 0.478 e. The molecule has 0 unspecified atom stereocenters. The van der Waals surface area contributed by atoms with Gasteiger partial charge in [0.25, 0.3) is 0 Å². The van der Waals surface area contributed by atoms with E-state index in [2.05, 4.69) is 6.58 Å². The SMILES string of the molecule is C=CCCCCCCCCCCCCCCCC=C(C)C(=O)O. The minimum absolute atomic E-state index is 0.478. The van der Waals surface area contributed by atoms with E-state index in [1.54, 1.807) is 6.92 Å². The first-order valence-corrected chi connectivity index (χ1v) is 9.69. The molecule has 0 bridgehead atoms. The summed E-state index contributed by atoms with van der Waals surface area (Å²) in [6, 6.07) is 0. The van der Waals surface area contributed by atoms with Gasteiger partial charge < -0.3 is 5.11 Å². The van der Waals surface area contributed by atoms with E-state index >= 15 is 0 Å². The fraction of sp³-hybridized carbons (Fsp3) is 0.762. The van der Waals surface area contributed by atoms with Crippen LogP contribution in [0.25, 0.3) is 0 Å². The Kier molecular flexibility index (Phi) is 16.5. The van der Waals surface area contributed by atoms with Gasteiger partial charge in [0.2, 0.25) is 0 Å². The molecule has 0 fully saturated rings. The third-order valence-electron chi connectivity index (χ3n) is 4.40. The molecule has 0 radical (unpaired) electrons. The fourth-order valence-electron chi connectivity index (χ4n) is 2.78. The monoisotopic (exact) mass is 322 g/mol. The molecule has 2 nitrogen and oxygen atoms in total. The van der Waals surface area contributed by atoms with Crippen LogP contribution in [0.4, 0.5) is 0 Å². The van der Waals surface area contributed by atoms with Crippen molar-refractivity contribution in [2.75, 3.05) is 0 Å². The summed E-state index contributed by atoms with van der Waals surface area (Å²) >= 11 is 0. The van der Waals surface area contributed by atoms with Crippen LogP contribution in [0.2, 0.25) is 0 Å². The van der Waals surface area contributed by atoms with Crippen molar-refractivity contribution >= 4 is 5.97 Å². The second-order valence-corrected chi connectivity index (χ2v) is 6.65. The Morgan fingerprint density at radius 2 is 1.09 bits per heavy atom. The van der Waals surface area contributed by atoms with Crippen LogP contribution in [-0.4, -0.2) is 11.1 Å². The van der Waals surface area contributed by atoms with E-state index in [4.69, 9.17) is 5.11 Å². The maximum Gasteiger partial charge on any atom is 0.330 e. The summed E-state index contributed by atoms with van der Waals surface area (Å²) in [6.45, 7) is 5.42. The topological polar surface area (TPSA) is 37.3 Å². The molecule has 0 aliphatic rings. The minimum Gasteiger partial charge on any atom is -0.478 e. The number of aliphatic carboxylic acids is 1. The van der Waals surface area contributed by atoms with E-state index in [9.17, 15) is 4.79 Å². The first kappa shape index (κ1) is 21.9. The molecule has 0 heterocycles. The zero-order valence-corrected chi connectivity index (χ0v) is 15.3. The van der Waals surface area contributed by atoms with Crippen molar-refractivity contribution in [1.29, 1.82) is 0 Å². The standard InChI is InChI=1S/C21H38O2/c1-3-4-5-6-7-8-9-10-11-12-13-14-15-16-17-18-19-20(2)21(22)23/h3,19H,1,4-18H2,2H3,(H,22,23). The highest BCUT2D eigenvalue weighted by Gasteiger charge is 1.98. The van der Waals surface area contributed by atoms with Crippen molar-refractivity contribution < 1.29 is 9.90 Å². The average Bonchev–Trinajstić information content (AvgIpc) is 2.54. The van der Waals surface area contributed by atoms with Crippen LogP contribution in [0.1, 0.15) is 103 Å². The van der Waals surface area contributed by atoms with Gasteiger partial charge in [-0.15, -0.1) is 6.58 Å². The molecule has 0 rings (SSSR count). The van der Waals surface area contributed by atoms with Crippen LogP contribution in [0.5, 0.6) is 0 Å². The lowest BCUT2D eigenvalue weighted by atomic mass is 10.0. The molecule has 1 N–H and O–H groups in total. The van der Waals surface area contributed by atoms with Gasteiger partial charge in [-0.05, 0) is 32.6 Å². The summed E-state index contributed by atoms with van der Waals surface area (Å²) in [4.78, 5) is 10.6.